The molecule has 0 atom stereocenters. The maximum absolute atomic E-state index is 11.5. The molecule has 112 valence electrons. The second-order valence-corrected chi connectivity index (χ2v) is 5.10. The Bertz CT molecular complexity index is 461. The van der Waals surface area contributed by atoms with Crippen LogP contribution in [0.1, 0.15) is 26.5 Å². The zero-order chi connectivity index (χ0) is 15.1. The second-order valence-electron chi connectivity index (χ2n) is 4.26. The van der Waals surface area contributed by atoms with Crippen LogP contribution >= 0.6 is 11.3 Å². The summed E-state index contributed by atoms with van der Waals surface area (Å²) in [5.74, 6) is -0.281. The number of nitrogens with zero attached hydrogens (tertiary/aromatic N) is 3. The topological polar surface area (TPSA) is 62.7 Å². The van der Waals surface area contributed by atoms with E-state index in [1.54, 1.807) is 4.90 Å². The Kier molecular flexibility index (Phi) is 6.60. The number of rotatable bonds is 7. The number of carbonyl (C=O) groups excluding carboxylic acids is 2. The number of hydrogen-bond donors (Lipinski definition) is 0. The molecular formula is C13H21N3O3S. The second kappa shape index (κ2) is 7.96. The average Bonchev–Trinajstić information content (AvgIpc) is 2.86. The summed E-state index contributed by atoms with van der Waals surface area (Å²) < 4.78 is 4.66. The van der Waals surface area contributed by atoms with Crippen molar-refractivity contribution >= 4 is 28.3 Å². The summed E-state index contributed by atoms with van der Waals surface area (Å²) in [6, 6.07) is 0. The van der Waals surface area contributed by atoms with Gasteiger partial charge in [0.15, 0.2) is 5.13 Å². The highest BCUT2D eigenvalue weighted by molar-refractivity contribution is 7.14. The molecule has 0 aliphatic heterocycles. The zero-order valence-electron chi connectivity index (χ0n) is 12.4. The Morgan fingerprint density at radius 2 is 2.05 bits per heavy atom. The number of thiazole rings is 1. The van der Waals surface area contributed by atoms with Crippen LogP contribution in [-0.4, -0.2) is 48.5 Å². The van der Waals surface area contributed by atoms with Gasteiger partial charge in [0.2, 0.25) is 5.91 Å². The molecule has 0 aromatic carbocycles. The summed E-state index contributed by atoms with van der Waals surface area (Å²) in [5, 5.41) is 2.62. The summed E-state index contributed by atoms with van der Waals surface area (Å²) in [5.41, 5.74) is 0.857. The van der Waals surface area contributed by atoms with Gasteiger partial charge < -0.3 is 4.74 Å². The number of amides is 1. The van der Waals surface area contributed by atoms with E-state index in [1.807, 2.05) is 24.1 Å². The van der Waals surface area contributed by atoms with Crippen molar-refractivity contribution in [3.63, 3.8) is 0 Å². The molecule has 1 amide bonds. The third-order valence-electron chi connectivity index (χ3n) is 2.88. The summed E-state index contributed by atoms with van der Waals surface area (Å²) in [7, 11) is 1.38. The van der Waals surface area contributed by atoms with E-state index < -0.39 is 0 Å². The van der Waals surface area contributed by atoms with Crippen molar-refractivity contribution in [1.29, 1.82) is 0 Å². The SMILES string of the molecule is CCN(CC(=O)OC)Cc1csc(N(CC)C(C)=O)n1. The van der Waals surface area contributed by atoms with Crippen LogP contribution in [0.15, 0.2) is 5.38 Å². The van der Waals surface area contributed by atoms with Crippen LogP contribution in [-0.2, 0) is 20.9 Å². The lowest BCUT2D eigenvalue weighted by atomic mass is 10.4. The molecular weight excluding hydrogens is 278 g/mol. The maximum atomic E-state index is 11.5. The summed E-state index contributed by atoms with van der Waals surface area (Å²) in [4.78, 5) is 30.8. The molecule has 0 N–H and O–H groups in total. The van der Waals surface area contributed by atoms with E-state index in [9.17, 15) is 9.59 Å². The van der Waals surface area contributed by atoms with E-state index in [2.05, 4.69) is 9.72 Å². The fraction of sp³-hybridized carbons (Fsp3) is 0.615. The molecule has 1 heterocycles. The van der Waals surface area contributed by atoms with Crippen LogP contribution < -0.4 is 4.90 Å². The van der Waals surface area contributed by atoms with Gasteiger partial charge in [-0.3, -0.25) is 19.4 Å². The molecule has 0 fully saturated rings. The molecule has 1 aromatic rings. The standard InChI is InChI=1S/C13H21N3O3S/c1-5-15(8-12(18)19-4)7-11-9-20-13(14-11)16(6-2)10(3)17/h9H,5-8H2,1-4H3. The van der Waals surface area contributed by atoms with Crippen LogP contribution in [0.2, 0.25) is 0 Å². The highest BCUT2D eigenvalue weighted by Gasteiger charge is 2.15. The molecule has 0 aliphatic rings. The lowest BCUT2D eigenvalue weighted by molar-refractivity contribution is -0.142. The molecule has 0 saturated carbocycles. The van der Waals surface area contributed by atoms with Crippen LogP contribution in [0.4, 0.5) is 5.13 Å². The number of carbonyl (C=O) groups is 2. The van der Waals surface area contributed by atoms with Gasteiger partial charge >= 0.3 is 5.97 Å². The molecule has 0 radical (unpaired) electrons. The van der Waals surface area contributed by atoms with Gasteiger partial charge in [-0.25, -0.2) is 4.98 Å². The van der Waals surface area contributed by atoms with Gasteiger partial charge in [0, 0.05) is 25.4 Å². The lowest BCUT2D eigenvalue weighted by Crippen LogP contribution is -2.30. The first-order chi connectivity index (χ1) is 9.51. The Labute approximate surface area is 123 Å². The highest BCUT2D eigenvalue weighted by Crippen LogP contribution is 2.21. The molecule has 0 saturated heterocycles. The number of anilines is 1. The minimum atomic E-state index is -0.263. The van der Waals surface area contributed by atoms with Gasteiger partial charge in [-0.05, 0) is 13.5 Å². The van der Waals surface area contributed by atoms with Gasteiger partial charge in [-0.2, -0.15) is 0 Å². The third-order valence-corrected chi connectivity index (χ3v) is 3.79. The van der Waals surface area contributed by atoms with Crippen molar-refractivity contribution in [1.82, 2.24) is 9.88 Å². The van der Waals surface area contributed by atoms with E-state index in [1.165, 1.54) is 25.4 Å². The number of aromatic nitrogens is 1. The first-order valence-electron chi connectivity index (χ1n) is 6.53. The van der Waals surface area contributed by atoms with Gasteiger partial charge in [-0.1, -0.05) is 6.92 Å². The summed E-state index contributed by atoms with van der Waals surface area (Å²) in [6.07, 6.45) is 0. The van der Waals surface area contributed by atoms with Gasteiger partial charge in [-0.15, -0.1) is 11.3 Å². The molecule has 0 unspecified atom stereocenters. The molecule has 0 spiro atoms. The van der Waals surface area contributed by atoms with E-state index in [0.717, 1.165) is 12.2 Å². The molecule has 0 aliphatic carbocycles. The minimum Gasteiger partial charge on any atom is -0.468 e. The van der Waals surface area contributed by atoms with Gasteiger partial charge in [0.1, 0.15) is 0 Å². The third kappa shape index (κ3) is 4.57. The number of likely N-dealkylation sites (N-methyl/N-ethyl adjacent to an activating group) is 1. The smallest absolute Gasteiger partial charge is 0.319 e. The fourth-order valence-electron chi connectivity index (χ4n) is 1.74. The predicted molar refractivity (Wildman–Crippen MR) is 78.8 cm³/mol. The van der Waals surface area contributed by atoms with Gasteiger partial charge in [0.05, 0.1) is 19.3 Å². The van der Waals surface area contributed by atoms with Crippen molar-refractivity contribution in [2.75, 3.05) is 31.6 Å². The fourth-order valence-corrected chi connectivity index (χ4v) is 2.66. The number of hydrogen-bond acceptors (Lipinski definition) is 6. The molecule has 1 aromatic heterocycles. The predicted octanol–water partition coefficient (Wildman–Crippen LogP) is 1.51. The molecule has 1 rings (SSSR count). The first kappa shape index (κ1) is 16.6. The Balaban J connectivity index is 2.71. The van der Waals surface area contributed by atoms with Crippen LogP contribution in [0.5, 0.6) is 0 Å². The molecule has 20 heavy (non-hydrogen) atoms. The Hall–Kier alpha value is -1.47. The van der Waals surface area contributed by atoms with Crippen LogP contribution in [0, 0.1) is 0 Å². The molecule has 0 bridgehead atoms. The van der Waals surface area contributed by atoms with Crippen molar-refractivity contribution in [2.45, 2.75) is 27.3 Å². The zero-order valence-corrected chi connectivity index (χ0v) is 13.2. The van der Waals surface area contributed by atoms with E-state index >= 15 is 0 Å². The largest absolute Gasteiger partial charge is 0.468 e. The monoisotopic (exact) mass is 299 g/mol. The highest BCUT2D eigenvalue weighted by atomic mass is 32.1. The maximum Gasteiger partial charge on any atom is 0.319 e. The van der Waals surface area contributed by atoms with Crippen LogP contribution in [0.25, 0.3) is 0 Å². The molecule has 6 nitrogen and oxygen atoms in total. The Morgan fingerprint density at radius 3 is 2.55 bits per heavy atom. The summed E-state index contributed by atoms with van der Waals surface area (Å²) in [6.45, 7) is 7.55. The number of methoxy groups -OCH3 is 1. The number of esters is 1. The normalized spacial score (nSPS) is 10.7. The van der Waals surface area contributed by atoms with Crippen molar-refractivity contribution in [3.8, 4) is 0 Å². The van der Waals surface area contributed by atoms with Crippen molar-refractivity contribution in [3.05, 3.63) is 11.1 Å². The van der Waals surface area contributed by atoms with E-state index in [0.29, 0.717) is 18.2 Å². The number of ether oxygens (including phenoxy) is 1. The van der Waals surface area contributed by atoms with E-state index in [-0.39, 0.29) is 18.4 Å². The minimum absolute atomic E-state index is 0.0182. The van der Waals surface area contributed by atoms with Gasteiger partial charge in [0.25, 0.3) is 0 Å². The van der Waals surface area contributed by atoms with Crippen molar-refractivity contribution in [2.24, 2.45) is 0 Å². The average molecular weight is 299 g/mol. The van der Waals surface area contributed by atoms with Crippen LogP contribution in [0.3, 0.4) is 0 Å². The molecule has 7 heteroatoms. The quantitative estimate of drug-likeness (QED) is 0.714. The lowest BCUT2D eigenvalue weighted by Gasteiger charge is -2.17. The van der Waals surface area contributed by atoms with Crippen molar-refractivity contribution < 1.29 is 14.3 Å². The first-order valence-corrected chi connectivity index (χ1v) is 7.41. The van der Waals surface area contributed by atoms with E-state index in [4.69, 9.17) is 0 Å². The Morgan fingerprint density at radius 1 is 1.35 bits per heavy atom. The summed E-state index contributed by atoms with van der Waals surface area (Å²) >= 11 is 1.44.